The van der Waals surface area contributed by atoms with Crippen molar-refractivity contribution in [2.24, 2.45) is 11.3 Å². The summed E-state index contributed by atoms with van der Waals surface area (Å²) in [5.41, 5.74) is 0.761. The largest absolute Gasteiger partial charge is 0.300 e. The molecule has 0 aromatic heterocycles. The third-order valence-electron chi connectivity index (χ3n) is 4.85. The Morgan fingerprint density at radius 3 is 1.89 bits per heavy atom. The second-order valence-electron chi connectivity index (χ2n) is 7.03. The fourth-order valence-corrected chi connectivity index (χ4v) is 3.22. The summed E-state index contributed by atoms with van der Waals surface area (Å²) in [5, 5.41) is 0. The molecule has 0 atom stereocenters. The second-order valence-corrected chi connectivity index (χ2v) is 7.03. The van der Waals surface area contributed by atoms with Crippen molar-refractivity contribution in [2.75, 3.05) is 13.1 Å². The second kappa shape index (κ2) is 7.53. The number of nitrogens with zero attached hydrogens (tertiary/aromatic N) is 1. The SMILES string of the molecule is CC1CCC2(CC1)CN(C(C)C)C2.CCCCC. The van der Waals surface area contributed by atoms with Gasteiger partial charge in [0.1, 0.15) is 0 Å². The van der Waals surface area contributed by atoms with Gasteiger partial charge in [-0.3, -0.25) is 4.90 Å². The van der Waals surface area contributed by atoms with E-state index in [2.05, 4.69) is 39.5 Å². The molecule has 1 saturated heterocycles. The third kappa shape index (κ3) is 4.57. The van der Waals surface area contributed by atoms with E-state index in [-0.39, 0.29) is 0 Å². The van der Waals surface area contributed by atoms with E-state index in [1.165, 1.54) is 58.0 Å². The van der Waals surface area contributed by atoms with E-state index in [0.717, 1.165) is 17.4 Å². The van der Waals surface area contributed by atoms with Crippen molar-refractivity contribution in [2.45, 2.75) is 85.6 Å². The molecule has 0 aromatic rings. The summed E-state index contributed by atoms with van der Waals surface area (Å²) in [5.74, 6) is 0.999. The molecular formula is C17H35N. The molecule has 1 heterocycles. The van der Waals surface area contributed by atoms with Gasteiger partial charge in [-0.25, -0.2) is 0 Å². The highest BCUT2D eigenvalue weighted by atomic mass is 15.2. The average Bonchev–Trinajstić information content (AvgIpc) is 2.29. The lowest BCUT2D eigenvalue weighted by molar-refractivity contribution is -0.0538. The van der Waals surface area contributed by atoms with Gasteiger partial charge < -0.3 is 0 Å². The molecule has 1 saturated carbocycles. The highest BCUT2D eigenvalue weighted by molar-refractivity contribution is 4.98. The Bertz CT molecular complexity index is 204. The van der Waals surface area contributed by atoms with Crippen molar-refractivity contribution in [3.8, 4) is 0 Å². The zero-order chi connectivity index (χ0) is 13.6. The van der Waals surface area contributed by atoms with Gasteiger partial charge in [0.2, 0.25) is 0 Å². The zero-order valence-corrected chi connectivity index (χ0v) is 13.5. The smallest absolute Gasteiger partial charge is 0.00532 e. The molecule has 1 spiro atoms. The molecule has 0 aromatic carbocycles. The molecular weight excluding hydrogens is 218 g/mol. The molecule has 1 aliphatic heterocycles. The monoisotopic (exact) mass is 253 g/mol. The van der Waals surface area contributed by atoms with Crippen molar-refractivity contribution in [1.29, 1.82) is 0 Å². The van der Waals surface area contributed by atoms with Gasteiger partial charge >= 0.3 is 0 Å². The summed E-state index contributed by atoms with van der Waals surface area (Å²) in [6, 6.07) is 0.768. The Morgan fingerprint density at radius 2 is 1.56 bits per heavy atom. The summed E-state index contributed by atoms with van der Waals surface area (Å²) in [4.78, 5) is 2.62. The van der Waals surface area contributed by atoms with E-state index in [9.17, 15) is 0 Å². The summed E-state index contributed by atoms with van der Waals surface area (Å²) in [7, 11) is 0. The standard InChI is InChI=1S/C12H23N.C5H12/c1-10(2)13-8-12(9-13)6-4-11(3)5-7-12;1-3-5-4-2/h10-11H,4-9H2,1-3H3;3-5H2,1-2H3. The van der Waals surface area contributed by atoms with Gasteiger partial charge in [0.15, 0.2) is 0 Å². The average molecular weight is 253 g/mol. The van der Waals surface area contributed by atoms with E-state index in [4.69, 9.17) is 0 Å². The van der Waals surface area contributed by atoms with Crippen LogP contribution in [0.15, 0.2) is 0 Å². The normalized spacial score (nSPS) is 23.7. The first-order valence-corrected chi connectivity index (χ1v) is 8.27. The first kappa shape index (κ1) is 16.0. The minimum absolute atomic E-state index is 0.761. The minimum Gasteiger partial charge on any atom is -0.300 e. The van der Waals surface area contributed by atoms with Crippen LogP contribution in [-0.4, -0.2) is 24.0 Å². The molecule has 18 heavy (non-hydrogen) atoms. The maximum absolute atomic E-state index is 2.62. The Balaban J connectivity index is 0.000000280. The Morgan fingerprint density at radius 1 is 1.06 bits per heavy atom. The highest BCUT2D eigenvalue weighted by Crippen LogP contribution is 2.45. The van der Waals surface area contributed by atoms with Crippen LogP contribution in [0.5, 0.6) is 0 Å². The molecule has 2 rings (SSSR count). The van der Waals surface area contributed by atoms with E-state index >= 15 is 0 Å². The fourth-order valence-electron chi connectivity index (χ4n) is 3.22. The molecule has 2 aliphatic rings. The lowest BCUT2D eigenvalue weighted by Gasteiger charge is -2.55. The molecule has 0 unspecified atom stereocenters. The van der Waals surface area contributed by atoms with Crippen LogP contribution in [0, 0.1) is 11.3 Å². The summed E-state index contributed by atoms with van der Waals surface area (Å²) in [6.45, 7) is 14.2. The van der Waals surface area contributed by atoms with Crippen LogP contribution >= 0.6 is 0 Å². The summed E-state index contributed by atoms with van der Waals surface area (Å²) in [6.07, 6.45) is 10.0. The van der Waals surface area contributed by atoms with Crippen molar-refractivity contribution in [3.05, 3.63) is 0 Å². The predicted octanol–water partition coefficient (Wildman–Crippen LogP) is 5.10. The van der Waals surface area contributed by atoms with Gasteiger partial charge in [-0.05, 0) is 38.0 Å². The number of hydrogen-bond acceptors (Lipinski definition) is 1. The quantitative estimate of drug-likeness (QED) is 0.676. The van der Waals surface area contributed by atoms with Gasteiger partial charge in [0.25, 0.3) is 0 Å². The topological polar surface area (TPSA) is 3.24 Å². The molecule has 0 amide bonds. The van der Waals surface area contributed by atoms with E-state index in [1.54, 1.807) is 0 Å². The van der Waals surface area contributed by atoms with Crippen molar-refractivity contribution >= 4 is 0 Å². The van der Waals surface area contributed by atoms with E-state index in [1.807, 2.05) is 0 Å². The molecule has 0 radical (unpaired) electrons. The van der Waals surface area contributed by atoms with Crippen LogP contribution in [0.2, 0.25) is 0 Å². The molecule has 0 N–H and O–H groups in total. The van der Waals surface area contributed by atoms with Gasteiger partial charge in [0.05, 0.1) is 0 Å². The number of unbranched alkanes of at least 4 members (excludes halogenated alkanes) is 2. The predicted molar refractivity (Wildman–Crippen MR) is 82.0 cm³/mol. The lowest BCUT2D eigenvalue weighted by Crippen LogP contribution is -2.59. The van der Waals surface area contributed by atoms with Crippen molar-refractivity contribution in [1.82, 2.24) is 4.90 Å². The Kier molecular flexibility index (Phi) is 6.70. The van der Waals surface area contributed by atoms with Crippen molar-refractivity contribution < 1.29 is 0 Å². The third-order valence-corrected chi connectivity index (χ3v) is 4.85. The number of rotatable bonds is 3. The number of hydrogen-bond donors (Lipinski definition) is 0. The molecule has 0 bridgehead atoms. The number of likely N-dealkylation sites (tertiary alicyclic amines) is 1. The molecule has 1 nitrogen and oxygen atoms in total. The van der Waals surface area contributed by atoms with Crippen LogP contribution in [0.4, 0.5) is 0 Å². The van der Waals surface area contributed by atoms with Crippen molar-refractivity contribution in [3.63, 3.8) is 0 Å². The van der Waals surface area contributed by atoms with Crippen LogP contribution in [-0.2, 0) is 0 Å². The maximum Gasteiger partial charge on any atom is 0.00532 e. The van der Waals surface area contributed by atoms with Crippen LogP contribution in [0.1, 0.15) is 79.6 Å². The van der Waals surface area contributed by atoms with Gasteiger partial charge in [-0.15, -0.1) is 0 Å². The van der Waals surface area contributed by atoms with Crippen LogP contribution in [0.3, 0.4) is 0 Å². The first-order valence-electron chi connectivity index (χ1n) is 8.27. The summed E-state index contributed by atoms with van der Waals surface area (Å²) < 4.78 is 0. The van der Waals surface area contributed by atoms with Crippen LogP contribution < -0.4 is 0 Å². The first-order chi connectivity index (χ1) is 8.53. The zero-order valence-electron chi connectivity index (χ0n) is 13.5. The van der Waals surface area contributed by atoms with Gasteiger partial charge in [-0.2, -0.15) is 0 Å². The molecule has 1 heteroatoms. The molecule has 108 valence electrons. The molecule has 2 fully saturated rings. The fraction of sp³-hybridized carbons (Fsp3) is 1.00. The van der Waals surface area contributed by atoms with Gasteiger partial charge in [-0.1, -0.05) is 52.9 Å². The Labute approximate surface area is 115 Å². The van der Waals surface area contributed by atoms with Gasteiger partial charge in [0, 0.05) is 19.1 Å². The lowest BCUT2D eigenvalue weighted by atomic mass is 9.66. The van der Waals surface area contributed by atoms with Crippen LogP contribution in [0.25, 0.3) is 0 Å². The van der Waals surface area contributed by atoms with E-state index in [0.29, 0.717) is 0 Å². The maximum atomic E-state index is 2.62. The summed E-state index contributed by atoms with van der Waals surface area (Å²) >= 11 is 0. The van der Waals surface area contributed by atoms with E-state index < -0.39 is 0 Å². The molecule has 1 aliphatic carbocycles. The Hall–Kier alpha value is -0.0400. The minimum atomic E-state index is 0.761. The highest BCUT2D eigenvalue weighted by Gasteiger charge is 2.44.